The zero-order valence-corrected chi connectivity index (χ0v) is 21.3. The Bertz CT molecular complexity index is 1210. The van der Waals surface area contributed by atoms with E-state index in [2.05, 4.69) is 5.32 Å². The highest BCUT2D eigenvalue weighted by Crippen LogP contribution is 2.33. The smallest absolute Gasteiger partial charge is 0.416 e. The number of benzene rings is 2. The van der Waals surface area contributed by atoms with E-state index < -0.39 is 17.7 Å². The number of rotatable bonds is 6. The summed E-state index contributed by atoms with van der Waals surface area (Å²) in [5.74, 6) is -0.410. The molecule has 36 heavy (non-hydrogen) atoms. The number of nitrogens with zero attached hydrogens (tertiary/aromatic N) is 2. The third-order valence-electron chi connectivity index (χ3n) is 5.83. The van der Waals surface area contributed by atoms with Gasteiger partial charge in [-0.2, -0.15) is 13.2 Å². The monoisotopic (exact) mass is 533 g/mol. The first-order valence-corrected chi connectivity index (χ1v) is 12.8. The molecular weight excluding hydrogens is 507 g/mol. The second-order valence-electron chi connectivity index (χ2n) is 8.29. The Morgan fingerprint density at radius 2 is 1.78 bits per heavy atom. The van der Waals surface area contributed by atoms with Crippen LogP contribution >= 0.6 is 23.6 Å². The van der Waals surface area contributed by atoms with Gasteiger partial charge in [0.15, 0.2) is 5.11 Å². The summed E-state index contributed by atoms with van der Waals surface area (Å²) in [5.41, 5.74) is 1.46. The second kappa shape index (κ2) is 11.3. The van der Waals surface area contributed by atoms with Gasteiger partial charge in [0.2, 0.25) is 0 Å². The molecule has 0 aliphatic carbocycles. The van der Waals surface area contributed by atoms with Crippen molar-refractivity contribution >= 4 is 45.3 Å². The minimum Gasteiger partial charge on any atom is -0.462 e. The zero-order valence-electron chi connectivity index (χ0n) is 19.7. The minimum absolute atomic E-state index is 0.268. The van der Waals surface area contributed by atoms with E-state index in [1.807, 2.05) is 46.2 Å². The van der Waals surface area contributed by atoms with Crippen LogP contribution in [-0.4, -0.2) is 48.8 Å². The molecule has 3 aromatic rings. The number of anilines is 2. The molecule has 4 rings (SSSR count). The zero-order chi connectivity index (χ0) is 25.7. The molecule has 190 valence electrons. The Morgan fingerprint density at radius 3 is 2.44 bits per heavy atom. The maximum absolute atomic E-state index is 13.1. The summed E-state index contributed by atoms with van der Waals surface area (Å²) >= 11 is 7.09. The molecular formula is C26H26F3N3O2S2. The largest absolute Gasteiger partial charge is 0.462 e. The standard InChI is InChI=1S/C26H26F3N3O2S2/c1-2-34-24(33)22-17-21(15-18-7-4-3-5-8-18)36-23(22)30-25(35)32-13-11-31(12-14-32)20-10-6-9-19(16-20)26(27,28)29/h3-10,16-17H,2,11-15H2,1H3,(H,30,35). The molecule has 10 heteroatoms. The first-order chi connectivity index (χ1) is 17.2. The summed E-state index contributed by atoms with van der Waals surface area (Å²) in [5, 5.41) is 4.32. The average molecular weight is 534 g/mol. The molecule has 1 aliphatic heterocycles. The van der Waals surface area contributed by atoms with Crippen LogP contribution < -0.4 is 10.2 Å². The lowest BCUT2D eigenvalue weighted by molar-refractivity contribution is -0.137. The van der Waals surface area contributed by atoms with Gasteiger partial charge in [-0.3, -0.25) is 0 Å². The molecule has 1 aromatic heterocycles. The van der Waals surface area contributed by atoms with Crippen molar-refractivity contribution in [2.75, 3.05) is 43.0 Å². The molecule has 1 saturated heterocycles. The molecule has 0 saturated carbocycles. The lowest BCUT2D eigenvalue weighted by Gasteiger charge is -2.37. The molecule has 1 fully saturated rings. The van der Waals surface area contributed by atoms with Crippen molar-refractivity contribution in [1.82, 2.24) is 4.90 Å². The van der Waals surface area contributed by atoms with E-state index in [0.717, 1.165) is 16.5 Å². The molecule has 0 unspecified atom stereocenters. The number of carbonyl (C=O) groups is 1. The van der Waals surface area contributed by atoms with Crippen molar-refractivity contribution in [3.63, 3.8) is 0 Å². The van der Waals surface area contributed by atoms with Crippen molar-refractivity contribution in [3.05, 3.63) is 82.2 Å². The predicted octanol–water partition coefficient (Wildman–Crippen LogP) is 6.05. The van der Waals surface area contributed by atoms with Gasteiger partial charge < -0.3 is 19.9 Å². The van der Waals surface area contributed by atoms with E-state index in [4.69, 9.17) is 17.0 Å². The van der Waals surface area contributed by atoms with Gasteiger partial charge in [-0.05, 0) is 49.0 Å². The number of esters is 1. The van der Waals surface area contributed by atoms with Crippen LogP contribution in [0.2, 0.25) is 0 Å². The van der Waals surface area contributed by atoms with Crippen LogP contribution in [0.4, 0.5) is 23.9 Å². The maximum atomic E-state index is 13.1. The lowest BCUT2D eigenvalue weighted by Crippen LogP contribution is -2.50. The Hall–Kier alpha value is -3.11. The molecule has 0 spiro atoms. The molecule has 0 amide bonds. The van der Waals surface area contributed by atoms with Crippen LogP contribution in [0.15, 0.2) is 60.7 Å². The van der Waals surface area contributed by atoms with Gasteiger partial charge in [-0.1, -0.05) is 36.4 Å². The molecule has 0 atom stereocenters. The Balaban J connectivity index is 1.42. The fourth-order valence-electron chi connectivity index (χ4n) is 4.00. The summed E-state index contributed by atoms with van der Waals surface area (Å²) in [7, 11) is 0. The number of halogens is 3. The molecule has 2 heterocycles. The van der Waals surface area contributed by atoms with Crippen molar-refractivity contribution in [3.8, 4) is 0 Å². The van der Waals surface area contributed by atoms with Crippen molar-refractivity contribution in [2.45, 2.75) is 19.5 Å². The first kappa shape index (κ1) is 26.0. The lowest BCUT2D eigenvalue weighted by atomic mass is 10.1. The number of thiophene rings is 1. The van der Waals surface area contributed by atoms with Gasteiger partial charge in [-0.15, -0.1) is 11.3 Å². The summed E-state index contributed by atoms with van der Waals surface area (Å²) in [6, 6.07) is 17.2. The Labute approximate surface area is 217 Å². The van der Waals surface area contributed by atoms with E-state index in [9.17, 15) is 18.0 Å². The Morgan fingerprint density at radius 1 is 1.06 bits per heavy atom. The third-order valence-corrected chi connectivity index (χ3v) is 7.24. The van der Waals surface area contributed by atoms with Crippen LogP contribution in [0, 0.1) is 0 Å². The number of piperazine rings is 1. The molecule has 1 N–H and O–H groups in total. The van der Waals surface area contributed by atoms with Gasteiger partial charge in [0, 0.05) is 43.2 Å². The van der Waals surface area contributed by atoms with E-state index in [0.29, 0.717) is 54.0 Å². The quantitative estimate of drug-likeness (QED) is 0.307. The van der Waals surface area contributed by atoms with Crippen LogP contribution in [0.3, 0.4) is 0 Å². The topological polar surface area (TPSA) is 44.8 Å². The first-order valence-electron chi connectivity index (χ1n) is 11.6. The van der Waals surface area contributed by atoms with Gasteiger partial charge in [0.1, 0.15) is 5.00 Å². The van der Waals surface area contributed by atoms with E-state index in [-0.39, 0.29) is 6.61 Å². The fraction of sp³-hybridized carbons (Fsp3) is 0.308. The SMILES string of the molecule is CCOC(=O)c1cc(Cc2ccccc2)sc1NC(=S)N1CCN(c2cccc(C(F)(F)F)c2)CC1. The number of nitrogens with one attached hydrogen (secondary N) is 1. The number of alkyl halides is 3. The maximum Gasteiger partial charge on any atom is 0.416 e. The normalized spacial score (nSPS) is 14.0. The number of hydrogen-bond acceptors (Lipinski definition) is 5. The molecule has 0 radical (unpaired) electrons. The number of hydrogen-bond donors (Lipinski definition) is 1. The minimum atomic E-state index is -4.37. The molecule has 5 nitrogen and oxygen atoms in total. The van der Waals surface area contributed by atoms with Crippen LogP contribution in [0.1, 0.15) is 33.3 Å². The number of carbonyl (C=O) groups excluding carboxylic acids is 1. The summed E-state index contributed by atoms with van der Waals surface area (Å²) in [4.78, 5) is 17.5. The molecule has 0 bridgehead atoms. The summed E-state index contributed by atoms with van der Waals surface area (Å²) in [6.07, 6.45) is -3.69. The van der Waals surface area contributed by atoms with Crippen molar-refractivity contribution in [2.24, 2.45) is 0 Å². The van der Waals surface area contributed by atoms with Gasteiger partial charge in [0.25, 0.3) is 0 Å². The highest BCUT2D eigenvalue weighted by Gasteiger charge is 2.31. The third kappa shape index (κ3) is 6.36. The van der Waals surface area contributed by atoms with E-state index in [1.54, 1.807) is 13.0 Å². The fourth-order valence-corrected chi connectivity index (χ4v) is 5.43. The average Bonchev–Trinajstić information content (AvgIpc) is 3.26. The van der Waals surface area contributed by atoms with Gasteiger partial charge in [-0.25, -0.2) is 4.79 Å². The van der Waals surface area contributed by atoms with E-state index in [1.165, 1.54) is 23.5 Å². The van der Waals surface area contributed by atoms with Gasteiger partial charge >= 0.3 is 12.1 Å². The highest BCUT2D eigenvalue weighted by molar-refractivity contribution is 7.80. The number of thiocarbonyl (C=S) groups is 1. The predicted molar refractivity (Wildman–Crippen MR) is 141 cm³/mol. The van der Waals surface area contributed by atoms with Crippen molar-refractivity contribution in [1.29, 1.82) is 0 Å². The van der Waals surface area contributed by atoms with Crippen molar-refractivity contribution < 1.29 is 22.7 Å². The summed E-state index contributed by atoms with van der Waals surface area (Å²) < 4.78 is 44.5. The molecule has 1 aliphatic rings. The van der Waals surface area contributed by atoms with Crippen LogP contribution in [0.25, 0.3) is 0 Å². The second-order valence-corrected chi connectivity index (χ2v) is 9.81. The number of ether oxygens (including phenoxy) is 1. The van der Waals surface area contributed by atoms with Crippen LogP contribution in [0.5, 0.6) is 0 Å². The molecule has 2 aromatic carbocycles. The van der Waals surface area contributed by atoms with Gasteiger partial charge in [0.05, 0.1) is 17.7 Å². The summed E-state index contributed by atoms with van der Waals surface area (Å²) in [6.45, 7) is 4.16. The van der Waals surface area contributed by atoms with Crippen LogP contribution in [-0.2, 0) is 17.3 Å². The Kier molecular flexibility index (Phi) is 8.15. The van der Waals surface area contributed by atoms with E-state index >= 15 is 0 Å². The highest BCUT2D eigenvalue weighted by atomic mass is 32.1.